The third kappa shape index (κ3) is 1.83. The van der Waals surface area contributed by atoms with E-state index in [0.717, 1.165) is 25.7 Å². The summed E-state index contributed by atoms with van der Waals surface area (Å²) in [7, 11) is 0. The lowest BCUT2D eigenvalue weighted by Gasteiger charge is -2.43. The van der Waals surface area contributed by atoms with Crippen LogP contribution in [0.15, 0.2) is 0 Å². The summed E-state index contributed by atoms with van der Waals surface area (Å²) < 4.78 is 0. The molecule has 0 saturated heterocycles. The zero-order valence-electron chi connectivity index (χ0n) is 10.4. The van der Waals surface area contributed by atoms with Gasteiger partial charge in [-0.2, -0.15) is 0 Å². The molecule has 0 N–H and O–H groups in total. The van der Waals surface area contributed by atoms with Crippen LogP contribution in [-0.2, 0) is 9.59 Å². The van der Waals surface area contributed by atoms with Gasteiger partial charge in [-0.3, -0.25) is 9.59 Å². The highest BCUT2D eigenvalue weighted by Crippen LogP contribution is 2.48. The Bertz CT molecular complexity index is 300. The summed E-state index contributed by atoms with van der Waals surface area (Å²) in [5.41, 5.74) is -0.110. The molecule has 90 valence electrons. The molecule has 2 rings (SSSR count). The van der Waals surface area contributed by atoms with Gasteiger partial charge in [-0.15, -0.1) is 0 Å². The van der Waals surface area contributed by atoms with Crippen molar-refractivity contribution in [2.45, 2.75) is 58.8 Å². The molecule has 0 aliphatic heterocycles. The lowest BCUT2D eigenvalue weighted by molar-refractivity contribution is -0.146. The number of hydrogen-bond acceptors (Lipinski definition) is 2. The molecule has 0 heterocycles. The monoisotopic (exact) mass is 222 g/mol. The van der Waals surface area contributed by atoms with Gasteiger partial charge in [-0.1, -0.05) is 26.2 Å². The second-order valence-corrected chi connectivity index (χ2v) is 5.81. The number of Topliss-reactive ketones (excluding diaryl/α,β-unsaturated/α-hetero) is 2. The average Bonchev–Trinajstić information content (AvgIpc) is 2.26. The van der Waals surface area contributed by atoms with Crippen molar-refractivity contribution < 1.29 is 9.59 Å². The minimum absolute atomic E-state index is 0.0853. The van der Waals surface area contributed by atoms with Crippen molar-refractivity contribution in [3.8, 4) is 0 Å². The molecule has 1 spiro atoms. The lowest BCUT2D eigenvalue weighted by atomic mass is 9.58. The Morgan fingerprint density at radius 3 is 2.38 bits per heavy atom. The van der Waals surface area contributed by atoms with E-state index in [9.17, 15) is 9.59 Å². The number of rotatable bonds is 1. The minimum atomic E-state index is -0.299. The van der Waals surface area contributed by atoms with Crippen molar-refractivity contribution in [3.05, 3.63) is 0 Å². The molecule has 0 bridgehead atoms. The van der Waals surface area contributed by atoms with Gasteiger partial charge in [0, 0.05) is 5.41 Å². The third-order valence-electron chi connectivity index (χ3n) is 4.70. The van der Waals surface area contributed by atoms with E-state index in [-0.39, 0.29) is 28.8 Å². The number of hydrogen-bond donors (Lipinski definition) is 0. The lowest BCUT2D eigenvalue weighted by Crippen LogP contribution is -2.46. The molecule has 0 amide bonds. The largest absolute Gasteiger partial charge is 0.299 e. The Hall–Kier alpha value is -0.660. The molecule has 0 aromatic carbocycles. The summed E-state index contributed by atoms with van der Waals surface area (Å²) in [5, 5.41) is 0. The zero-order chi connectivity index (χ0) is 11.8. The minimum Gasteiger partial charge on any atom is -0.299 e. The first-order valence-electron chi connectivity index (χ1n) is 6.62. The van der Waals surface area contributed by atoms with Crippen LogP contribution in [0.25, 0.3) is 0 Å². The second-order valence-electron chi connectivity index (χ2n) is 5.81. The predicted octanol–water partition coefficient (Wildman–Crippen LogP) is 3.14. The fraction of sp³-hybridized carbons (Fsp3) is 0.857. The van der Waals surface area contributed by atoms with E-state index in [2.05, 4.69) is 6.92 Å². The fourth-order valence-electron chi connectivity index (χ4n) is 3.69. The Morgan fingerprint density at radius 2 is 1.81 bits per heavy atom. The van der Waals surface area contributed by atoms with Crippen molar-refractivity contribution >= 4 is 11.6 Å². The summed E-state index contributed by atoms with van der Waals surface area (Å²) in [6.07, 6.45) is 7.74. The van der Waals surface area contributed by atoms with Crippen molar-refractivity contribution in [2.24, 2.45) is 17.3 Å². The van der Waals surface area contributed by atoms with E-state index in [0.29, 0.717) is 0 Å². The van der Waals surface area contributed by atoms with Gasteiger partial charge in [0.2, 0.25) is 0 Å². The first-order valence-corrected chi connectivity index (χ1v) is 6.62. The molecular weight excluding hydrogens is 200 g/mol. The zero-order valence-corrected chi connectivity index (χ0v) is 10.4. The van der Waals surface area contributed by atoms with Crippen LogP contribution in [0.2, 0.25) is 0 Å². The SMILES string of the molecule is CC(=O)C1C(=O)C2(CCCCC2)CCC1C. The molecule has 2 heteroatoms. The fourth-order valence-corrected chi connectivity index (χ4v) is 3.69. The number of carbonyl (C=O) groups excluding carboxylic acids is 2. The average molecular weight is 222 g/mol. The summed E-state index contributed by atoms with van der Waals surface area (Å²) in [4.78, 5) is 24.2. The van der Waals surface area contributed by atoms with Gasteiger partial charge < -0.3 is 0 Å². The molecule has 0 aromatic rings. The Morgan fingerprint density at radius 1 is 1.19 bits per heavy atom. The van der Waals surface area contributed by atoms with Gasteiger partial charge in [0.25, 0.3) is 0 Å². The van der Waals surface area contributed by atoms with E-state index < -0.39 is 0 Å². The van der Waals surface area contributed by atoms with Gasteiger partial charge in [0.1, 0.15) is 11.6 Å². The van der Waals surface area contributed by atoms with Gasteiger partial charge >= 0.3 is 0 Å². The van der Waals surface area contributed by atoms with E-state index in [4.69, 9.17) is 0 Å². The third-order valence-corrected chi connectivity index (χ3v) is 4.70. The van der Waals surface area contributed by atoms with Gasteiger partial charge in [-0.25, -0.2) is 0 Å². The standard InChI is InChI=1S/C14H22O2/c1-10-6-9-14(7-4-3-5-8-14)13(16)12(10)11(2)15/h10,12H,3-9H2,1-2H3. The smallest absolute Gasteiger partial charge is 0.149 e. The van der Waals surface area contributed by atoms with Crippen molar-refractivity contribution in [3.63, 3.8) is 0 Å². The van der Waals surface area contributed by atoms with Crippen LogP contribution in [-0.4, -0.2) is 11.6 Å². The molecule has 16 heavy (non-hydrogen) atoms. The first-order chi connectivity index (χ1) is 7.57. The van der Waals surface area contributed by atoms with Crippen LogP contribution in [0.1, 0.15) is 58.8 Å². The highest BCUT2D eigenvalue weighted by atomic mass is 16.2. The van der Waals surface area contributed by atoms with E-state index in [1.54, 1.807) is 6.92 Å². The van der Waals surface area contributed by atoms with Crippen LogP contribution < -0.4 is 0 Å². The maximum Gasteiger partial charge on any atom is 0.149 e. The molecule has 2 saturated carbocycles. The topological polar surface area (TPSA) is 34.1 Å². The molecule has 2 fully saturated rings. The molecular formula is C14H22O2. The van der Waals surface area contributed by atoms with Crippen LogP contribution in [0, 0.1) is 17.3 Å². The van der Waals surface area contributed by atoms with Gasteiger partial charge in [0.05, 0.1) is 5.92 Å². The molecule has 0 aromatic heterocycles. The molecule has 2 atom stereocenters. The first kappa shape index (κ1) is 11.8. The van der Waals surface area contributed by atoms with Crippen LogP contribution >= 0.6 is 0 Å². The molecule has 2 unspecified atom stereocenters. The summed E-state index contributed by atoms with van der Waals surface area (Å²) in [6.45, 7) is 3.64. The van der Waals surface area contributed by atoms with Crippen LogP contribution in [0.3, 0.4) is 0 Å². The summed E-state index contributed by atoms with van der Waals surface area (Å²) in [6, 6.07) is 0. The molecule has 2 nitrogen and oxygen atoms in total. The molecule has 0 radical (unpaired) electrons. The van der Waals surface area contributed by atoms with Crippen LogP contribution in [0.5, 0.6) is 0 Å². The molecule has 2 aliphatic carbocycles. The summed E-state index contributed by atoms with van der Waals surface area (Å²) >= 11 is 0. The van der Waals surface area contributed by atoms with Gasteiger partial charge in [0.15, 0.2) is 0 Å². The maximum absolute atomic E-state index is 12.5. The van der Waals surface area contributed by atoms with Crippen molar-refractivity contribution in [1.29, 1.82) is 0 Å². The number of ketones is 2. The quantitative estimate of drug-likeness (QED) is 0.639. The van der Waals surface area contributed by atoms with Gasteiger partial charge in [-0.05, 0) is 38.5 Å². The Labute approximate surface area is 97.8 Å². The predicted molar refractivity (Wildman–Crippen MR) is 63.1 cm³/mol. The highest BCUT2D eigenvalue weighted by molar-refractivity contribution is 6.04. The van der Waals surface area contributed by atoms with Crippen molar-refractivity contribution in [1.82, 2.24) is 0 Å². The Kier molecular flexibility index (Phi) is 3.18. The highest BCUT2D eigenvalue weighted by Gasteiger charge is 2.48. The van der Waals surface area contributed by atoms with E-state index in [1.165, 1.54) is 19.3 Å². The summed E-state index contributed by atoms with van der Waals surface area (Å²) in [5.74, 6) is 0.324. The normalized spacial score (nSPS) is 34.0. The maximum atomic E-state index is 12.5. The Balaban J connectivity index is 2.23. The van der Waals surface area contributed by atoms with Crippen molar-refractivity contribution in [2.75, 3.05) is 0 Å². The van der Waals surface area contributed by atoms with Crippen LogP contribution in [0.4, 0.5) is 0 Å². The molecule has 2 aliphatic rings. The second kappa shape index (κ2) is 4.31. The van der Waals surface area contributed by atoms with E-state index in [1.807, 2.05) is 0 Å². The number of carbonyl (C=O) groups is 2. The van der Waals surface area contributed by atoms with E-state index >= 15 is 0 Å².